The van der Waals surface area contributed by atoms with Crippen molar-refractivity contribution in [3.8, 4) is 11.4 Å². The number of H-pyrrole nitrogens is 1. The van der Waals surface area contributed by atoms with Gasteiger partial charge in [-0.3, -0.25) is 0 Å². The molecule has 0 radical (unpaired) electrons. The van der Waals surface area contributed by atoms with Crippen LogP contribution in [0, 0.1) is 0 Å². The molecule has 1 N–H and O–H groups in total. The molecule has 0 saturated heterocycles. The van der Waals surface area contributed by atoms with Gasteiger partial charge in [-0.15, -0.1) is 0 Å². The first-order valence-electron chi connectivity index (χ1n) is 10.4. The van der Waals surface area contributed by atoms with Crippen molar-refractivity contribution < 1.29 is 0 Å². The Balaban J connectivity index is 1.77. The van der Waals surface area contributed by atoms with E-state index in [1.54, 1.807) is 0 Å². The lowest BCUT2D eigenvalue weighted by molar-refractivity contribution is 0.307. The van der Waals surface area contributed by atoms with Crippen LogP contribution < -0.4 is 4.90 Å². The molecule has 0 atom stereocenters. The molecule has 156 valence electrons. The maximum atomic E-state index is 6.09. The van der Waals surface area contributed by atoms with Gasteiger partial charge in [0.1, 0.15) is 5.82 Å². The van der Waals surface area contributed by atoms with Crippen molar-refractivity contribution in [1.29, 1.82) is 0 Å². The van der Waals surface area contributed by atoms with Gasteiger partial charge in [-0.05, 0) is 69.6 Å². The van der Waals surface area contributed by atoms with Crippen molar-refractivity contribution in [2.24, 2.45) is 0 Å². The number of nitrogens with one attached hydrogen (secondary N) is 1. The van der Waals surface area contributed by atoms with Gasteiger partial charge in [-0.1, -0.05) is 25.4 Å². The second-order valence-electron chi connectivity index (χ2n) is 7.61. The fraction of sp³-hybridized carbons (Fsp3) is 0.435. The second kappa shape index (κ2) is 10.1. The van der Waals surface area contributed by atoms with Gasteiger partial charge in [0.05, 0.1) is 11.0 Å². The van der Waals surface area contributed by atoms with Gasteiger partial charge in [-0.25, -0.2) is 4.98 Å². The molecule has 29 heavy (non-hydrogen) atoms. The summed E-state index contributed by atoms with van der Waals surface area (Å²) in [6, 6.07) is 14.4. The number of fused-ring (bicyclic) bond motifs is 1. The third kappa shape index (κ3) is 5.72. The standard InChI is InChI=1S/C23H32ClN5/c1-5-28(6-2)14-16-29(15-13-27(3)4)20-10-7-18(8-11-20)23-25-21-12-9-19(24)17-22(21)26-23/h7-12,17H,5-6,13-16H2,1-4H3,(H,25,26). The van der Waals surface area contributed by atoms with Gasteiger partial charge in [0.15, 0.2) is 0 Å². The Hall–Kier alpha value is -2.08. The Labute approximate surface area is 179 Å². The minimum absolute atomic E-state index is 0.716. The molecule has 1 heterocycles. The Bertz CT molecular complexity index is 899. The molecule has 0 aliphatic carbocycles. The van der Waals surface area contributed by atoms with E-state index < -0.39 is 0 Å². The van der Waals surface area contributed by atoms with Crippen LogP contribution in [0.5, 0.6) is 0 Å². The summed E-state index contributed by atoms with van der Waals surface area (Å²) in [6.07, 6.45) is 0. The fourth-order valence-corrected chi connectivity index (χ4v) is 3.61. The van der Waals surface area contributed by atoms with Crippen molar-refractivity contribution in [3.63, 3.8) is 0 Å². The van der Waals surface area contributed by atoms with E-state index in [9.17, 15) is 0 Å². The molecular weight excluding hydrogens is 382 g/mol. The fourth-order valence-electron chi connectivity index (χ4n) is 3.44. The summed E-state index contributed by atoms with van der Waals surface area (Å²) >= 11 is 6.09. The summed E-state index contributed by atoms with van der Waals surface area (Å²) < 4.78 is 0. The predicted octanol–water partition coefficient (Wildman–Crippen LogP) is 4.59. The van der Waals surface area contributed by atoms with E-state index in [1.165, 1.54) is 5.69 Å². The number of benzene rings is 2. The first-order chi connectivity index (χ1) is 14.0. The minimum atomic E-state index is 0.716. The van der Waals surface area contributed by atoms with Crippen molar-refractivity contribution in [2.75, 3.05) is 58.3 Å². The van der Waals surface area contributed by atoms with Crippen LogP contribution in [0.25, 0.3) is 22.4 Å². The summed E-state index contributed by atoms with van der Waals surface area (Å²) in [5.41, 5.74) is 4.23. The van der Waals surface area contributed by atoms with Gasteiger partial charge in [0, 0.05) is 42.5 Å². The third-order valence-electron chi connectivity index (χ3n) is 5.35. The maximum Gasteiger partial charge on any atom is 0.138 e. The van der Waals surface area contributed by atoms with Crippen LogP contribution in [0.4, 0.5) is 5.69 Å². The number of anilines is 1. The Morgan fingerprint density at radius 1 is 0.897 bits per heavy atom. The smallest absolute Gasteiger partial charge is 0.138 e. The first-order valence-corrected chi connectivity index (χ1v) is 10.8. The van der Waals surface area contributed by atoms with E-state index in [0.29, 0.717) is 5.02 Å². The molecule has 0 bridgehead atoms. The molecule has 0 aliphatic rings. The topological polar surface area (TPSA) is 38.4 Å². The molecule has 2 aromatic carbocycles. The van der Waals surface area contributed by atoms with Crippen LogP contribution in [0.2, 0.25) is 5.02 Å². The largest absolute Gasteiger partial charge is 0.369 e. The Morgan fingerprint density at radius 3 is 2.24 bits per heavy atom. The lowest BCUT2D eigenvalue weighted by atomic mass is 10.2. The number of rotatable bonds is 10. The van der Waals surface area contributed by atoms with E-state index in [4.69, 9.17) is 16.6 Å². The van der Waals surface area contributed by atoms with E-state index in [0.717, 1.165) is 61.7 Å². The number of nitrogens with zero attached hydrogens (tertiary/aromatic N) is 4. The lowest BCUT2D eigenvalue weighted by Crippen LogP contribution is -2.38. The predicted molar refractivity (Wildman–Crippen MR) is 125 cm³/mol. The molecule has 5 nitrogen and oxygen atoms in total. The number of imidazole rings is 1. The van der Waals surface area contributed by atoms with Crippen molar-refractivity contribution in [3.05, 3.63) is 47.5 Å². The van der Waals surface area contributed by atoms with Crippen LogP contribution in [-0.2, 0) is 0 Å². The summed E-state index contributed by atoms with van der Waals surface area (Å²) in [4.78, 5) is 15.2. The number of halogens is 1. The molecule has 3 rings (SSSR count). The lowest BCUT2D eigenvalue weighted by Gasteiger charge is -2.29. The molecule has 6 heteroatoms. The first kappa shape index (κ1) is 21.6. The molecular formula is C23H32ClN5. The molecule has 0 amide bonds. The monoisotopic (exact) mass is 413 g/mol. The van der Waals surface area contributed by atoms with Crippen molar-refractivity contribution in [1.82, 2.24) is 19.8 Å². The average molecular weight is 414 g/mol. The molecule has 3 aromatic rings. The van der Waals surface area contributed by atoms with Gasteiger partial charge in [0.2, 0.25) is 0 Å². The molecule has 0 spiro atoms. The number of likely N-dealkylation sites (N-methyl/N-ethyl adjacent to an activating group) is 2. The molecule has 0 aliphatic heterocycles. The summed E-state index contributed by atoms with van der Waals surface area (Å²) in [5.74, 6) is 0.872. The SMILES string of the molecule is CCN(CC)CCN(CCN(C)C)c1ccc(-c2nc3ccc(Cl)cc3[nH]2)cc1. The average Bonchev–Trinajstić information content (AvgIpc) is 3.14. The van der Waals surface area contributed by atoms with Crippen molar-refractivity contribution in [2.45, 2.75) is 13.8 Å². The highest BCUT2D eigenvalue weighted by Gasteiger charge is 2.11. The number of aromatic amines is 1. The Morgan fingerprint density at radius 2 is 1.59 bits per heavy atom. The molecule has 0 unspecified atom stereocenters. The zero-order valence-corrected chi connectivity index (χ0v) is 18.7. The third-order valence-corrected chi connectivity index (χ3v) is 5.58. The van der Waals surface area contributed by atoms with Crippen LogP contribution in [0.15, 0.2) is 42.5 Å². The van der Waals surface area contributed by atoms with E-state index in [-0.39, 0.29) is 0 Å². The summed E-state index contributed by atoms with van der Waals surface area (Å²) in [5, 5.41) is 0.716. The van der Waals surface area contributed by atoms with Gasteiger partial charge < -0.3 is 19.7 Å². The van der Waals surface area contributed by atoms with Crippen LogP contribution in [0.1, 0.15) is 13.8 Å². The second-order valence-corrected chi connectivity index (χ2v) is 8.05. The molecule has 0 saturated carbocycles. The quantitative estimate of drug-likeness (QED) is 0.527. The van der Waals surface area contributed by atoms with Crippen LogP contribution in [0.3, 0.4) is 0 Å². The van der Waals surface area contributed by atoms with Gasteiger partial charge in [0.25, 0.3) is 0 Å². The highest BCUT2D eigenvalue weighted by Crippen LogP contribution is 2.25. The highest BCUT2D eigenvalue weighted by atomic mass is 35.5. The number of hydrogen-bond acceptors (Lipinski definition) is 4. The van der Waals surface area contributed by atoms with E-state index in [1.807, 2.05) is 18.2 Å². The minimum Gasteiger partial charge on any atom is -0.369 e. The van der Waals surface area contributed by atoms with Crippen LogP contribution in [-0.4, -0.2) is 73.1 Å². The summed E-state index contributed by atoms with van der Waals surface area (Å²) in [7, 11) is 4.25. The van der Waals surface area contributed by atoms with E-state index >= 15 is 0 Å². The number of hydrogen-bond donors (Lipinski definition) is 1. The Kier molecular flexibility index (Phi) is 7.53. The number of aromatic nitrogens is 2. The maximum absolute atomic E-state index is 6.09. The zero-order chi connectivity index (χ0) is 20.8. The van der Waals surface area contributed by atoms with E-state index in [2.05, 4.69) is 71.9 Å². The zero-order valence-electron chi connectivity index (χ0n) is 18.0. The molecule has 0 fully saturated rings. The van der Waals surface area contributed by atoms with Gasteiger partial charge in [-0.2, -0.15) is 0 Å². The normalized spacial score (nSPS) is 11.7. The van der Waals surface area contributed by atoms with Crippen molar-refractivity contribution >= 4 is 28.3 Å². The summed E-state index contributed by atoms with van der Waals surface area (Å²) in [6.45, 7) is 10.8. The van der Waals surface area contributed by atoms with Gasteiger partial charge >= 0.3 is 0 Å². The molecule has 1 aromatic heterocycles. The van der Waals surface area contributed by atoms with Crippen LogP contribution >= 0.6 is 11.6 Å². The highest BCUT2D eigenvalue weighted by molar-refractivity contribution is 6.31.